The molecule has 0 amide bonds. The van der Waals surface area contributed by atoms with E-state index in [4.69, 9.17) is 5.11 Å². The number of anilines is 1. The third-order valence-corrected chi connectivity index (χ3v) is 13.3. The fourth-order valence-corrected chi connectivity index (χ4v) is 9.44. The summed E-state index contributed by atoms with van der Waals surface area (Å²) in [6, 6.07) is 8.68. The second-order valence-corrected chi connectivity index (χ2v) is 19.9. The Hall–Kier alpha value is -3.93. The van der Waals surface area contributed by atoms with Gasteiger partial charge in [-0.2, -0.15) is 4.58 Å². The van der Waals surface area contributed by atoms with E-state index in [1.807, 2.05) is 56.9 Å². The van der Waals surface area contributed by atoms with Crippen molar-refractivity contribution in [1.82, 2.24) is 0 Å². The lowest BCUT2D eigenvalue weighted by molar-refractivity contribution is -0.438. The average Bonchev–Trinajstić information content (AvgIpc) is 3.44. The van der Waals surface area contributed by atoms with Crippen molar-refractivity contribution >= 4 is 53.4 Å². The van der Waals surface area contributed by atoms with Crippen molar-refractivity contribution in [2.45, 2.75) is 106 Å². The maximum absolute atomic E-state index is 11.9. The van der Waals surface area contributed by atoms with Crippen LogP contribution in [0.3, 0.4) is 0 Å². The Morgan fingerprint density at radius 2 is 1.46 bits per heavy atom. The maximum Gasteiger partial charge on any atom is 0.303 e. The molecule has 0 aromatic heterocycles. The first-order chi connectivity index (χ1) is 26.0. The molecule has 2 heterocycles. The monoisotopic (exact) mass is 828 g/mol. The maximum atomic E-state index is 11.9. The highest BCUT2D eigenvalue weighted by molar-refractivity contribution is 7.86. The van der Waals surface area contributed by atoms with Crippen LogP contribution in [-0.4, -0.2) is 79.1 Å². The van der Waals surface area contributed by atoms with Gasteiger partial charge in [0.15, 0.2) is 5.71 Å². The summed E-state index contributed by atoms with van der Waals surface area (Å²) in [5.41, 5.74) is 5.30. The van der Waals surface area contributed by atoms with Gasteiger partial charge in [-0.15, -0.1) is 0 Å². The number of carboxylic acids is 1. The highest BCUT2D eigenvalue weighted by atomic mass is 32.2. The molecule has 1 aliphatic carbocycles. The number of unbranched alkanes of at least 4 members (excludes halogenated alkanes) is 3. The third-order valence-electron chi connectivity index (χ3n) is 10.8. The molecule has 3 aliphatic rings. The lowest BCUT2D eigenvalue weighted by Gasteiger charge is -2.27. The number of carbonyl (C=O) groups is 1. The van der Waals surface area contributed by atoms with Gasteiger partial charge in [-0.3, -0.25) is 4.79 Å². The number of carboxylic acid groups (broad SMARTS) is 1. The van der Waals surface area contributed by atoms with E-state index in [0.29, 0.717) is 55.6 Å². The average molecular weight is 829 g/mol. The van der Waals surface area contributed by atoms with E-state index >= 15 is 0 Å². The number of nitrogens with zero attached hydrogens (tertiary/aromatic N) is 2. The van der Waals surface area contributed by atoms with Crippen molar-refractivity contribution in [2.24, 2.45) is 0 Å². The Balaban J connectivity index is 1.47. The molecule has 16 heteroatoms. The summed E-state index contributed by atoms with van der Waals surface area (Å²) in [4.78, 5) is 12.4. The Morgan fingerprint density at radius 3 is 2.11 bits per heavy atom. The zero-order valence-corrected chi connectivity index (χ0v) is 34.4. The second kappa shape index (κ2) is 16.5. The summed E-state index contributed by atoms with van der Waals surface area (Å²) >= 11 is 0. The molecule has 2 aromatic rings. The van der Waals surface area contributed by atoms with Crippen LogP contribution in [-0.2, 0) is 46.0 Å². The number of rotatable bonds is 16. The largest absolute Gasteiger partial charge is 0.748 e. The number of aliphatic carboxylic acids is 1. The Morgan fingerprint density at radius 1 is 0.804 bits per heavy atom. The molecule has 1 N–H and O–H groups in total. The Bertz CT molecular complexity index is 2390. The topological polar surface area (TPSA) is 215 Å². The van der Waals surface area contributed by atoms with E-state index < -0.39 is 52.9 Å². The van der Waals surface area contributed by atoms with Gasteiger partial charge in [0.05, 0.1) is 25.3 Å². The minimum Gasteiger partial charge on any atom is -0.748 e. The predicted molar refractivity (Wildman–Crippen MR) is 209 cm³/mol. The van der Waals surface area contributed by atoms with E-state index in [0.717, 1.165) is 47.5 Å². The molecule has 0 unspecified atom stereocenters. The first kappa shape index (κ1) is 43.2. The highest BCUT2D eigenvalue weighted by Gasteiger charge is 2.45. The number of benzene rings is 2. The molecule has 2 aromatic carbocycles. The van der Waals surface area contributed by atoms with Crippen LogP contribution in [0.2, 0.25) is 0 Å². The molecule has 0 saturated heterocycles. The summed E-state index contributed by atoms with van der Waals surface area (Å²) in [7, 11) is -13.8. The van der Waals surface area contributed by atoms with Gasteiger partial charge < -0.3 is 23.7 Å². The number of fused-ring (bicyclic) bond motifs is 2. The van der Waals surface area contributed by atoms with Crippen LogP contribution in [0.15, 0.2) is 93.4 Å². The van der Waals surface area contributed by atoms with Crippen molar-refractivity contribution in [3.05, 3.63) is 94.7 Å². The van der Waals surface area contributed by atoms with Gasteiger partial charge in [0, 0.05) is 59.6 Å². The minimum atomic E-state index is -4.72. The van der Waals surface area contributed by atoms with Crippen LogP contribution >= 0.6 is 0 Å². The van der Waals surface area contributed by atoms with Crippen LogP contribution in [0, 0.1) is 0 Å². The number of allylic oxidation sites excluding steroid dienone is 8. The van der Waals surface area contributed by atoms with Crippen molar-refractivity contribution < 1.29 is 53.4 Å². The van der Waals surface area contributed by atoms with Crippen molar-refractivity contribution in [1.29, 1.82) is 0 Å². The fourth-order valence-electron chi connectivity index (χ4n) is 7.89. The van der Waals surface area contributed by atoms with Crippen LogP contribution < -0.4 is 4.90 Å². The quantitative estimate of drug-likeness (QED) is 0.115. The molecule has 0 fully saturated rings. The van der Waals surface area contributed by atoms with Gasteiger partial charge >= 0.3 is 5.97 Å². The fraction of sp³-hybridized carbons (Fsp3) is 0.450. The lowest BCUT2D eigenvalue weighted by atomic mass is 9.81. The van der Waals surface area contributed by atoms with E-state index in [1.54, 1.807) is 12.1 Å². The molecule has 0 saturated carbocycles. The molecular formula is C40H48N2O11S3-2. The summed E-state index contributed by atoms with van der Waals surface area (Å²) in [5.74, 6) is -1.34. The van der Waals surface area contributed by atoms with Gasteiger partial charge in [-0.1, -0.05) is 32.1 Å². The second-order valence-electron chi connectivity index (χ2n) is 15.6. The molecule has 5 rings (SSSR count). The molecule has 0 radical (unpaired) electrons. The van der Waals surface area contributed by atoms with E-state index in [9.17, 15) is 43.7 Å². The molecule has 56 heavy (non-hydrogen) atoms. The van der Waals surface area contributed by atoms with Gasteiger partial charge in [-0.05, 0) is 112 Å². The predicted octanol–water partition coefficient (Wildman–Crippen LogP) is 6.12. The summed E-state index contributed by atoms with van der Waals surface area (Å²) in [6.45, 7) is 8.74. The van der Waals surface area contributed by atoms with Crippen LogP contribution in [0.4, 0.5) is 11.4 Å². The molecule has 13 nitrogen and oxygen atoms in total. The smallest absolute Gasteiger partial charge is 0.303 e. The number of hydrogen-bond donors (Lipinski definition) is 1. The zero-order chi connectivity index (χ0) is 41.3. The van der Waals surface area contributed by atoms with Crippen molar-refractivity contribution in [2.75, 3.05) is 23.7 Å². The van der Waals surface area contributed by atoms with Gasteiger partial charge in [-0.25, -0.2) is 25.3 Å². The summed E-state index contributed by atoms with van der Waals surface area (Å²) < 4.78 is 107. The molecule has 0 spiro atoms. The van der Waals surface area contributed by atoms with Crippen LogP contribution in [0.1, 0.15) is 96.6 Å². The zero-order valence-electron chi connectivity index (χ0n) is 32.0. The SMILES string of the molecule is CC1(C)C(=CC=C2C=C(C=CC3=[N+](CCCCCC(=O)O)c4ccc(S(=O)(=O)[O-])cc4C3(C)C)CCC2)N(CCCCS(=O)(=O)[O-])c2ccc(S(=O)(=O)[O-])cc21. The van der Waals surface area contributed by atoms with Crippen LogP contribution in [0.25, 0.3) is 0 Å². The molecule has 2 aliphatic heterocycles. The first-order valence-electron chi connectivity index (χ1n) is 18.6. The van der Waals surface area contributed by atoms with Gasteiger partial charge in [0.2, 0.25) is 5.69 Å². The third kappa shape index (κ3) is 9.95. The van der Waals surface area contributed by atoms with E-state index in [1.165, 1.54) is 24.3 Å². The first-order valence-corrected chi connectivity index (χ1v) is 23.0. The van der Waals surface area contributed by atoms with Crippen LogP contribution in [0.5, 0.6) is 0 Å². The van der Waals surface area contributed by atoms with Gasteiger partial charge in [0.1, 0.15) is 26.8 Å². The molecule has 304 valence electrons. The van der Waals surface area contributed by atoms with Crippen molar-refractivity contribution in [3.63, 3.8) is 0 Å². The Kier molecular flexibility index (Phi) is 12.7. The highest BCUT2D eigenvalue weighted by Crippen LogP contribution is 2.49. The summed E-state index contributed by atoms with van der Waals surface area (Å²) in [6.07, 6.45) is 15.1. The molecule has 0 atom stereocenters. The number of hydrogen-bond acceptors (Lipinski definition) is 11. The normalized spacial score (nSPS) is 19.6. The standard InChI is InChI=1S/C40H50N2O11S3/c1-39(2)32-26-30(55(48,49)50)16-18-34(32)41(22-7-5-6-13-38(43)44)36(39)20-14-28-11-10-12-29(25-28)15-21-37-40(3,4)33-27-31(56(51,52)53)17-19-35(33)42(37)23-8-9-24-54(45,46)47/h14-21,25-27H,5-13,22-24H2,1-4H3,(H3-,43,44,45,46,47,48,49,50,51,52,53)/p-2. The van der Waals surface area contributed by atoms with Gasteiger partial charge in [0.25, 0.3) is 0 Å². The van der Waals surface area contributed by atoms with E-state index in [2.05, 4.69) is 10.7 Å². The molecular weight excluding hydrogens is 781 g/mol. The Labute approximate surface area is 330 Å². The minimum absolute atomic E-state index is 0.0775. The van der Waals surface area contributed by atoms with Crippen molar-refractivity contribution in [3.8, 4) is 0 Å². The lowest BCUT2D eigenvalue weighted by Crippen LogP contribution is -2.28. The summed E-state index contributed by atoms with van der Waals surface area (Å²) in [5, 5.41) is 9.06. The molecule has 0 bridgehead atoms. The van der Waals surface area contributed by atoms with E-state index in [-0.39, 0.29) is 22.6 Å².